The van der Waals surface area contributed by atoms with Crippen LogP contribution < -0.4 is 10.2 Å². The van der Waals surface area contributed by atoms with Crippen molar-refractivity contribution < 1.29 is 0 Å². The van der Waals surface area contributed by atoms with Crippen LogP contribution in [0, 0.1) is 0 Å². The van der Waals surface area contributed by atoms with E-state index >= 15 is 0 Å². The van der Waals surface area contributed by atoms with Crippen molar-refractivity contribution in [3.8, 4) is 0 Å². The van der Waals surface area contributed by atoms with Crippen molar-refractivity contribution >= 4 is 17.3 Å². The molecule has 0 unspecified atom stereocenters. The highest BCUT2D eigenvalue weighted by atomic mass is 15.2. The maximum absolute atomic E-state index is 4.49. The van der Waals surface area contributed by atoms with Gasteiger partial charge in [0.2, 0.25) is 0 Å². The molecule has 0 saturated carbocycles. The molecule has 3 rings (SSSR count). The van der Waals surface area contributed by atoms with Crippen molar-refractivity contribution in [2.75, 3.05) is 10.2 Å². The highest BCUT2D eigenvalue weighted by Crippen LogP contribution is 2.26. The van der Waals surface area contributed by atoms with E-state index in [1.54, 1.807) is 6.33 Å². The summed E-state index contributed by atoms with van der Waals surface area (Å²) in [7, 11) is 0. The molecule has 1 aromatic heterocycles. The van der Waals surface area contributed by atoms with Crippen LogP contribution in [0.5, 0.6) is 0 Å². The normalized spacial score (nSPS) is 10.6. The minimum absolute atomic E-state index is 0.326. The fraction of sp³-hybridized carbons (Fsp3) is 0.200. The van der Waals surface area contributed by atoms with E-state index in [4.69, 9.17) is 0 Å². The predicted octanol–water partition coefficient (Wildman–Crippen LogP) is 4.64. The molecule has 4 nitrogen and oxygen atoms in total. The molecule has 0 saturated heterocycles. The Labute approximate surface area is 143 Å². The Bertz CT molecular complexity index is 757. The molecule has 2 aromatic carbocycles. The largest absolute Gasteiger partial charge is 0.368 e. The maximum Gasteiger partial charge on any atom is 0.138 e. The smallest absolute Gasteiger partial charge is 0.138 e. The topological polar surface area (TPSA) is 41.0 Å². The fourth-order valence-electron chi connectivity index (χ4n) is 2.55. The third-order valence-corrected chi connectivity index (χ3v) is 3.62. The third kappa shape index (κ3) is 4.10. The zero-order valence-corrected chi connectivity index (χ0v) is 14.1. The van der Waals surface area contributed by atoms with Gasteiger partial charge < -0.3 is 10.2 Å². The molecular weight excluding hydrogens is 296 g/mol. The molecule has 4 heteroatoms. The van der Waals surface area contributed by atoms with Crippen LogP contribution in [0.25, 0.3) is 0 Å². The van der Waals surface area contributed by atoms with E-state index in [9.17, 15) is 0 Å². The second-order valence-corrected chi connectivity index (χ2v) is 5.97. The first kappa shape index (κ1) is 16.0. The second-order valence-electron chi connectivity index (χ2n) is 5.97. The van der Waals surface area contributed by atoms with Crippen molar-refractivity contribution in [1.29, 1.82) is 0 Å². The number of hydrogen-bond donors (Lipinski definition) is 1. The average molecular weight is 318 g/mol. The lowest BCUT2D eigenvalue weighted by molar-refractivity contribution is 0.880. The summed E-state index contributed by atoms with van der Waals surface area (Å²) >= 11 is 0. The van der Waals surface area contributed by atoms with Gasteiger partial charge in [-0.2, -0.15) is 0 Å². The van der Waals surface area contributed by atoms with E-state index in [-0.39, 0.29) is 0 Å². The molecule has 0 aliphatic heterocycles. The number of nitrogens with zero attached hydrogens (tertiary/aromatic N) is 3. The van der Waals surface area contributed by atoms with E-state index < -0.39 is 0 Å². The predicted molar refractivity (Wildman–Crippen MR) is 99.5 cm³/mol. The van der Waals surface area contributed by atoms with E-state index in [0.717, 1.165) is 23.9 Å². The summed E-state index contributed by atoms with van der Waals surface area (Å²) in [5.41, 5.74) is 2.34. The number of rotatable bonds is 6. The number of nitrogens with one attached hydrogen (secondary N) is 1. The number of para-hydroxylation sites is 1. The summed E-state index contributed by atoms with van der Waals surface area (Å²) in [6.45, 7) is 4.95. The zero-order valence-electron chi connectivity index (χ0n) is 14.1. The van der Waals surface area contributed by atoms with Crippen molar-refractivity contribution in [3.63, 3.8) is 0 Å². The Hall–Kier alpha value is -2.88. The van der Waals surface area contributed by atoms with Gasteiger partial charge in [-0.1, -0.05) is 48.5 Å². The van der Waals surface area contributed by atoms with E-state index in [1.807, 2.05) is 30.3 Å². The molecule has 0 radical (unpaired) electrons. The summed E-state index contributed by atoms with van der Waals surface area (Å²) in [4.78, 5) is 11.0. The van der Waals surface area contributed by atoms with Crippen molar-refractivity contribution in [2.24, 2.45) is 0 Å². The second kappa shape index (κ2) is 7.59. The monoisotopic (exact) mass is 318 g/mol. The van der Waals surface area contributed by atoms with Gasteiger partial charge in [0.1, 0.15) is 18.0 Å². The lowest BCUT2D eigenvalue weighted by Crippen LogP contribution is -2.19. The Balaban J connectivity index is 1.95. The van der Waals surface area contributed by atoms with Gasteiger partial charge in [-0.3, -0.25) is 0 Å². The van der Waals surface area contributed by atoms with Gasteiger partial charge in [0.15, 0.2) is 0 Å². The maximum atomic E-state index is 4.49. The number of benzene rings is 2. The van der Waals surface area contributed by atoms with E-state index in [1.165, 1.54) is 5.56 Å². The Kier molecular flexibility index (Phi) is 5.06. The molecule has 0 aliphatic rings. The number of anilines is 3. The average Bonchev–Trinajstić information content (AvgIpc) is 2.61. The summed E-state index contributed by atoms with van der Waals surface area (Å²) in [5, 5.41) is 3.34. The standard InChI is InChI=1S/C20H22N4/c1-16(2)23-19-13-20(22-15-21-19)24(18-11-7-4-8-12-18)14-17-9-5-3-6-10-17/h3-13,15-16H,14H2,1-2H3,(H,21,22,23). The molecule has 0 amide bonds. The molecule has 122 valence electrons. The molecule has 0 fully saturated rings. The fourth-order valence-corrected chi connectivity index (χ4v) is 2.55. The van der Waals surface area contributed by atoms with E-state index in [0.29, 0.717) is 6.04 Å². The molecule has 1 heterocycles. The van der Waals surface area contributed by atoms with Gasteiger partial charge in [-0.15, -0.1) is 0 Å². The summed E-state index contributed by atoms with van der Waals surface area (Å²) in [6, 6.07) is 23.0. The Morgan fingerprint density at radius 2 is 1.58 bits per heavy atom. The van der Waals surface area contributed by atoms with Gasteiger partial charge >= 0.3 is 0 Å². The first-order valence-electron chi connectivity index (χ1n) is 8.17. The molecule has 0 spiro atoms. The van der Waals surface area contributed by atoms with Crippen molar-refractivity contribution in [3.05, 3.63) is 78.6 Å². The number of aromatic nitrogens is 2. The Morgan fingerprint density at radius 3 is 2.25 bits per heavy atom. The lowest BCUT2D eigenvalue weighted by Gasteiger charge is -2.24. The van der Waals surface area contributed by atoms with Crippen LogP contribution >= 0.6 is 0 Å². The van der Waals surface area contributed by atoms with Crippen molar-refractivity contribution in [1.82, 2.24) is 9.97 Å². The summed E-state index contributed by atoms with van der Waals surface area (Å²) in [6.07, 6.45) is 1.61. The molecule has 0 bridgehead atoms. The van der Waals surface area contributed by atoms with Gasteiger partial charge in [-0.25, -0.2) is 9.97 Å². The summed E-state index contributed by atoms with van der Waals surface area (Å²) < 4.78 is 0. The summed E-state index contributed by atoms with van der Waals surface area (Å²) in [5.74, 6) is 1.71. The number of hydrogen-bond acceptors (Lipinski definition) is 4. The molecule has 0 aliphatic carbocycles. The van der Waals surface area contributed by atoms with Gasteiger partial charge in [0.25, 0.3) is 0 Å². The van der Waals surface area contributed by atoms with E-state index in [2.05, 4.69) is 70.4 Å². The third-order valence-electron chi connectivity index (χ3n) is 3.62. The quantitative estimate of drug-likeness (QED) is 0.719. The van der Waals surface area contributed by atoms with Crippen molar-refractivity contribution in [2.45, 2.75) is 26.4 Å². The first-order chi connectivity index (χ1) is 11.7. The SMILES string of the molecule is CC(C)Nc1cc(N(Cc2ccccc2)c2ccccc2)ncn1. The highest BCUT2D eigenvalue weighted by Gasteiger charge is 2.12. The molecular formula is C20H22N4. The van der Waals surface area contributed by atoms with Crippen LogP contribution in [0.2, 0.25) is 0 Å². The van der Waals surface area contributed by atoms with Crippen LogP contribution in [0.3, 0.4) is 0 Å². The van der Waals surface area contributed by atoms with Gasteiger partial charge in [-0.05, 0) is 31.5 Å². The first-order valence-corrected chi connectivity index (χ1v) is 8.17. The zero-order chi connectivity index (χ0) is 16.8. The van der Waals surface area contributed by atoms with Crippen LogP contribution in [0.4, 0.5) is 17.3 Å². The van der Waals surface area contributed by atoms with Crippen LogP contribution in [0.15, 0.2) is 73.1 Å². The molecule has 0 atom stereocenters. The molecule has 3 aromatic rings. The van der Waals surface area contributed by atoms with Crippen LogP contribution in [-0.4, -0.2) is 16.0 Å². The van der Waals surface area contributed by atoms with Gasteiger partial charge in [0.05, 0.1) is 0 Å². The van der Waals surface area contributed by atoms with Crippen LogP contribution in [-0.2, 0) is 6.54 Å². The minimum Gasteiger partial charge on any atom is -0.368 e. The Morgan fingerprint density at radius 1 is 0.917 bits per heavy atom. The lowest BCUT2D eigenvalue weighted by atomic mass is 10.2. The minimum atomic E-state index is 0.326. The molecule has 1 N–H and O–H groups in total. The van der Waals surface area contributed by atoms with Crippen LogP contribution in [0.1, 0.15) is 19.4 Å². The van der Waals surface area contributed by atoms with Gasteiger partial charge in [0, 0.05) is 24.3 Å². The molecule has 24 heavy (non-hydrogen) atoms. The highest BCUT2D eigenvalue weighted by molar-refractivity contribution is 5.62.